The van der Waals surface area contributed by atoms with Crippen LogP contribution in [-0.2, 0) is 4.79 Å². The summed E-state index contributed by atoms with van der Waals surface area (Å²) in [5, 5.41) is 12.0. The lowest BCUT2D eigenvalue weighted by molar-refractivity contribution is -0.139. The molecule has 2 aliphatic carbocycles. The molecule has 2 aliphatic rings. The Morgan fingerprint density at radius 1 is 1.26 bits per heavy atom. The van der Waals surface area contributed by atoms with Crippen LogP contribution in [0.3, 0.4) is 0 Å². The average molecular weight is 268 g/mol. The Balaban J connectivity index is 1.95. The van der Waals surface area contributed by atoms with Crippen molar-refractivity contribution in [2.24, 2.45) is 0 Å². The molecule has 5 nitrogen and oxygen atoms in total. The van der Waals surface area contributed by atoms with Crippen molar-refractivity contribution in [3.05, 3.63) is 0 Å². The maximum absolute atomic E-state index is 12.4. The second-order valence-corrected chi connectivity index (χ2v) is 5.86. The predicted molar refractivity (Wildman–Crippen MR) is 72.0 cm³/mol. The van der Waals surface area contributed by atoms with E-state index in [2.05, 4.69) is 5.32 Å². The second kappa shape index (κ2) is 5.80. The summed E-state index contributed by atoms with van der Waals surface area (Å²) < 4.78 is 0. The quantitative estimate of drug-likeness (QED) is 0.804. The van der Waals surface area contributed by atoms with Gasteiger partial charge in [-0.1, -0.05) is 12.8 Å². The fraction of sp³-hybridized carbons (Fsp3) is 0.857. The predicted octanol–water partition coefficient (Wildman–Crippen LogP) is 2.36. The van der Waals surface area contributed by atoms with E-state index in [1.165, 1.54) is 12.8 Å². The fourth-order valence-corrected chi connectivity index (χ4v) is 3.32. The van der Waals surface area contributed by atoms with Crippen LogP contribution in [0.25, 0.3) is 0 Å². The molecule has 2 fully saturated rings. The highest BCUT2D eigenvalue weighted by molar-refractivity contribution is 5.77. The summed E-state index contributed by atoms with van der Waals surface area (Å²) in [4.78, 5) is 25.2. The standard InChI is InChI=1S/C14H24N2O3/c1-2-16(11-6-3-4-7-11)13(19)15-14(8-5-9-14)10-12(17)18/h11H,2-10H2,1H3,(H,15,19)(H,17,18). The van der Waals surface area contributed by atoms with Gasteiger partial charge in [0.2, 0.25) is 0 Å². The summed E-state index contributed by atoms with van der Waals surface area (Å²) in [6.45, 7) is 2.68. The zero-order chi connectivity index (χ0) is 13.9. The number of nitrogens with one attached hydrogen (secondary N) is 1. The zero-order valence-corrected chi connectivity index (χ0v) is 11.7. The molecule has 0 spiro atoms. The monoisotopic (exact) mass is 268 g/mol. The molecule has 0 saturated heterocycles. The number of urea groups is 1. The smallest absolute Gasteiger partial charge is 0.318 e. The first-order chi connectivity index (χ1) is 9.06. The minimum absolute atomic E-state index is 0.0426. The Labute approximate surface area is 114 Å². The number of rotatable bonds is 5. The van der Waals surface area contributed by atoms with Gasteiger partial charge in [0.05, 0.1) is 12.0 Å². The largest absolute Gasteiger partial charge is 0.481 e. The molecule has 2 N–H and O–H groups in total. The highest BCUT2D eigenvalue weighted by Crippen LogP contribution is 2.35. The van der Waals surface area contributed by atoms with Crippen LogP contribution in [0, 0.1) is 0 Å². The normalized spacial score (nSPS) is 21.7. The van der Waals surface area contributed by atoms with Crippen LogP contribution in [0.4, 0.5) is 4.79 Å². The summed E-state index contributed by atoms with van der Waals surface area (Å²) in [5.74, 6) is -0.830. The molecule has 2 amide bonds. The molecular weight excluding hydrogens is 244 g/mol. The van der Waals surface area contributed by atoms with Gasteiger partial charge in [-0.05, 0) is 39.0 Å². The molecule has 0 aliphatic heterocycles. The van der Waals surface area contributed by atoms with Crippen LogP contribution in [0.15, 0.2) is 0 Å². The molecule has 19 heavy (non-hydrogen) atoms. The highest BCUT2D eigenvalue weighted by atomic mass is 16.4. The van der Waals surface area contributed by atoms with E-state index in [0.717, 1.165) is 32.1 Å². The highest BCUT2D eigenvalue weighted by Gasteiger charge is 2.41. The molecule has 0 atom stereocenters. The van der Waals surface area contributed by atoms with Gasteiger partial charge in [0, 0.05) is 12.6 Å². The number of carbonyl (C=O) groups is 2. The third-order valence-electron chi connectivity index (χ3n) is 4.54. The molecule has 0 radical (unpaired) electrons. The van der Waals surface area contributed by atoms with E-state index < -0.39 is 11.5 Å². The van der Waals surface area contributed by atoms with Gasteiger partial charge in [0.25, 0.3) is 0 Å². The van der Waals surface area contributed by atoms with Crippen molar-refractivity contribution in [3.63, 3.8) is 0 Å². The number of hydrogen-bond acceptors (Lipinski definition) is 2. The molecule has 5 heteroatoms. The average Bonchev–Trinajstić information content (AvgIpc) is 2.80. The lowest BCUT2D eigenvalue weighted by Gasteiger charge is -2.43. The van der Waals surface area contributed by atoms with Crippen LogP contribution in [0.1, 0.15) is 58.3 Å². The van der Waals surface area contributed by atoms with E-state index in [9.17, 15) is 9.59 Å². The first-order valence-corrected chi connectivity index (χ1v) is 7.37. The first kappa shape index (κ1) is 14.2. The summed E-state index contributed by atoms with van der Waals surface area (Å²) in [5.41, 5.74) is -0.491. The molecule has 0 bridgehead atoms. The van der Waals surface area contributed by atoms with E-state index in [1.54, 1.807) is 0 Å². The Hall–Kier alpha value is -1.26. The van der Waals surface area contributed by atoms with Gasteiger partial charge in [-0.15, -0.1) is 0 Å². The van der Waals surface area contributed by atoms with Crippen LogP contribution in [0.2, 0.25) is 0 Å². The Kier molecular flexibility index (Phi) is 4.32. The van der Waals surface area contributed by atoms with E-state index >= 15 is 0 Å². The van der Waals surface area contributed by atoms with Crippen molar-refractivity contribution in [2.75, 3.05) is 6.54 Å². The molecule has 0 unspecified atom stereocenters. The van der Waals surface area contributed by atoms with Gasteiger partial charge < -0.3 is 15.3 Å². The number of amides is 2. The first-order valence-electron chi connectivity index (χ1n) is 7.37. The van der Waals surface area contributed by atoms with Crippen LogP contribution in [0.5, 0.6) is 0 Å². The third kappa shape index (κ3) is 3.19. The number of hydrogen-bond donors (Lipinski definition) is 2. The summed E-state index contributed by atoms with van der Waals surface area (Å²) in [6, 6.07) is 0.266. The summed E-state index contributed by atoms with van der Waals surface area (Å²) in [6.07, 6.45) is 7.15. The van der Waals surface area contributed by atoms with Gasteiger partial charge in [0.15, 0.2) is 0 Å². The van der Waals surface area contributed by atoms with Crippen LogP contribution < -0.4 is 5.32 Å². The maximum atomic E-state index is 12.4. The molecule has 2 saturated carbocycles. The number of carboxylic acid groups (broad SMARTS) is 1. The van der Waals surface area contributed by atoms with Gasteiger partial charge in [-0.2, -0.15) is 0 Å². The van der Waals surface area contributed by atoms with Crippen molar-refractivity contribution in [3.8, 4) is 0 Å². The van der Waals surface area contributed by atoms with Gasteiger partial charge in [-0.25, -0.2) is 4.79 Å². The molecule has 0 aromatic rings. The summed E-state index contributed by atoms with van der Waals surface area (Å²) in [7, 11) is 0. The van der Waals surface area contributed by atoms with Crippen molar-refractivity contribution in [1.82, 2.24) is 10.2 Å². The van der Waals surface area contributed by atoms with Crippen molar-refractivity contribution in [1.29, 1.82) is 0 Å². The van der Waals surface area contributed by atoms with E-state index in [0.29, 0.717) is 12.6 Å². The second-order valence-electron chi connectivity index (χ2n) is 5.86. The van der Waals surface area contributed by atoms with Crippen molar-refractivity contribution >= 4 is 12.0 Å². The van der Waals surface area contributed by atoms with Crippen molar-refractivity contribution < 1.29 is 14.7 Å². The Morgan fingerprint density at radius 2 is 1.89 bits per heavy atom. The minimum atomic E-state index is -0.830. The molecule has 0 aromatic heterocycles. The maximum Gasteiger partial charge on any atom is 0.318 e. The van der Waals surface area contributed by atoms with Gasteiger partial charge >= 0.3 is 12.0 Å². The van der Waals surface area contributed by atoms with Gasteiger partial charge in [-0.3, -0.25) is 4.79 Å². The topological polar surface area (TPSA) is 69.6 Å². The summed E-state index contributed by atoms with van der Waals surface area (Å²) >= 11 is 0. The fourth-order valence-electron chi connectivity index (χ4n) is 3.32. The molecular formula is C14H24N2O3. The SMILES string of the molecule is CCN(C(=O)NC1(CC(=O)O)CCC1)C1CCCC1. The molecule has 108 valence electrons. The minimum Gasteiger partial charge on any atom is -0.481 e. The molecule has 0 aromatic carbocycles. The Bertz CT molecular complexity index is 347. The number of carbonyl (C=O) groups excluding carboxylic acids is 1. The number of carboxylic acids is 1. The van der Waals surface area contributed by atoms with E-state index in [4.69, 9.17) is 5.11 Å². The van der Waals surface area contributed by atoms with E-state index in [1.807, 2.05) is 11.8 Å². The van der Waals surface area contributed by atoms with E-state index in [-0.39, 0.29) is 12.5 Å². The zero-order valence-electron chi connectivity index (χ0n) is 11.7. The number of nitrogens with zero attached hydrogens (tertiary/aromatic N) is 1. The lowest BCUT2D eigenvalue weighted by atomic mass is 9.74. The Morgan fingerprint density at radius 3 is 2.32 bits per heavy atom. The van der Waals surface area contributed by atoms with Crippen molar-refractivity contribution in [2.45, 2.75) is 69.9 Å². The lowest BCUT2D eigenvalue weighted by Crippen LogP contribution is -2.59. The van der Waals surface area contributed by atoms with Gasteiger partial charge in [0.1, 0.15) is 0 Å². The number of aliphatic carboxylic acids is 1. The molecule has 0 heterocycles. The van der Waals surface area contributed by atoms with Crippen LogP contribution >= 0.6 is 0 Å². The third-order valence-corrected chi connectivity index (χ3v) is 4.54. The molecule has 2 rings (SSSR count). The van der Waals surface area contributed by atoms with Crippen LogP contribution in [-0.4, -0.2) is 40.1 Å².